The van der Waals surface area contributed by atoms with Gasteiger partial charge in [-0.1, -0.05) is 30.3 Å². The number of benzene rings is 1. The minimum absolute atomic E-state index is 0.315. The molecule has 0 radical (unpaired) electrons. The molecule has 0 spiro atoms. The smallest absolute Gasteiger partial charge is 0.0547 e. The quantitative estimate of drug-likeness (QED) is 0.826. The highest BCUT2D eigenvalue weighted by molar-refractivity contribution is 5.42. The zero-order valence-electron chi connectivity index (χ0n) is 16.2. The molecule has 1 N–H and O–H groups in total. The molecule has 5 nitrogen and oxygen atoms in total. The van der Waals surface area contributed by atoms with Crippen LogP contribution in [0.25, 0.3) is 0 Å². The van der Waals surface area contributed by atoms with E-state index in [4.69, 9.17) is 0 Å². The third-order valence-electron chi connectivity index (χ3n) is 5.09. The van der Waals surface area contributed by atoms with Crippen LogP contribution in [0.15, 0.2) is 48.7 Å². The Hall–Kier alpha value is -1.95. The number of rotatable bonds is 7. The van der Waals surface area contributed by atoms with Gasteiger partial charge in [0.05, 0.1) is 17.6 Å². The lowest BCUT2D eigenvalue weighted by Crippen LogP contribution is -2.47. The van der Waals surface area contributed by atoms with E-state index in [1.807, 2.05) is 20.3 Å². The van der Waals surface area contributed by atoms with E-state index in [0.717, 1.165) is 50.6 Å². The first-order valence-corrected chi connectivity index (χ1v) is 9.43. The highest BCUT2D eigenvalue weighted by Crippen LogP contribution is 2.17. The SMILES string of the molecule is CN1CCN(CC(NCc2ccc(N(C)C)cn2)c2ccccc2)CC1. The number of hydrogen-bond donors (Lipinski definition) is 1. The normalized spacial score (nSPS) is 17.2. The number of likely N-dealkylation sites (N-methyl/N-ethyl adjacent to an activating group) is 1. The van der Waals surface area contributed by atoms with Crippen molar-refractivity contribution < 1.29 is 0 Å². The fraction of sp³-hybridized carbons (Fsp3) is 0.476. The number of hydrogen-bond acceptors (Lipinski definition) is 5. The van der Waals surface area contributed by atoms with E-state index in [1.54, 1.807) is 0 Å². The molecule has 1 aliphatic heterocycles. The number of nitrogens with one attached hydrogen (secondary N) is 1. The molecule has 0 bridgehead atoms. The summed E-state index contributed by atoms with van der Waals surface area (Å²) in [6.07, 6.45) is 1.94. The van der Waals surface area contributed by atoms with Gasteiger partial charge in [0.25, 0.3) is 0 Å². The van der Waals surface area contributed by atoms with Gasteiger partial charge in [0.2, 0.25) is 0 Å². The molecule has 0 saturated carbocycles. The third kappa shape index (κ3) is 5.27. The topological polar surface area (TPSA) is 34.6 Å². The van der Waals surface area contributed by atoms with Gasteiger partial charge >= 0.3 is 0 Å². The maximum absolute atomic E-state index is 4.60. The second kappa shape index (κ2) is 9.12. The second-order valence-electron chi connectivity index (χ2n) is 7.35. The van der Waals surface area contributed by atoms with E-state index < -0.39 is 0 Å². The summed E-state index contributed by atoms with van der Waals surface area (Å²) in [7, 11) is 6.28. The van der Waals surface area contributed by atoms with Crippen molar-refractivity contribution >= 4 is 5.69 Å². The van der Waals surface area contributed by atoms with Gasteiger partial charge in [-0.25, -0.2) is 0 Å². The highest BCUT2D eigenvalue weighted by atomic mass is 15.3. The van der Waals surface area contributed by atoms with E-state index in [9.17, 15) is 0 Å². The summed E-state index contributed by atoms with van der Waals surface area (Å²) < 4.78 is 0. The van der Waals surface area contributed by atoms with Crippen molar-refractivity contribution in [2.45, 2.75) is 12.6 Å². The lowest BCUT2D eigenvalue weighted by atomic mass is 10.1. The fourth-order valence-electron chi connectivity index (χ4n) is 3.28. The summed E-state index contributed by atoms with van der Waals surface area (Å²) in [5.41, 5.74) is 3.55. The molecule has 26 heavy (non-hydrogen) atoms. The van der Waals surface area contributed by atoms with Gasteiger partial charge in [-0.3, -0.25) is 9.88 Å². The zero-order chi connectivity index (χ0) is 18.4. The van der Waals surface area contributed by atoms with Gasteiger partial charge < -0.3 is 15.1 Å². The molecule has 1 saturated heterocycles. The van der Waals surface area contributed by atoms with Crippen molar-refractivity contribution in [1.29, 1.82) is 0 Å². The van der Waals surface area contributed by atoms with E-state index in [1.165, 1.54) is 5.56 Å². The number of piperazine rings is 1. The molecule has 0 amide bonds. The second-order valence-corrected chi connectivity index (χ2v) is 7.35. The number of pyridine rings is 1. The molecule has 2 heterocycles. The maximum Gasteiger partial charge on any atom is 0.0547 e. The predicted octanol–water partition coefficient (Wildman–Crippen LogP) is 2.23. The summed E-state index contributed by atoms with van der Waals surface area (Å²) in [5, 5.41) is 3.73. The van der Waals surface area contributed by atoms with Gasteiger partial charge in [-0.15, -0.1) is 0 Å². The number of aromatic nitrogens is 1. The van der Waals surface area contributed by atoms with E-state index in [-0.39, 0.29) is 0 Å². The van der Waals surface area contributed by atoms with Crippen LogP contribution in [0, 0.1) is 0 Å². The lowest BCUT2D eigenvalue weighted by Gasteiger charge is -2.35. The van der Waals surface area contributed by atoms with E-state index >= 15 is 0 Å². The first kappa shape index (κ1) is 18.8. The van der Waals surface area contributed by atoms with Gasteiger partial charge in [0.1, 0.15) is 0 Å². The lowest BCUT2D eigenvalue weighted by molar-refractivity contribution is 0.141. The third-order valence-corrected chi connectivity index (χ3v) is 5.09. The summed E-state index contributed by atoms with van der Waals surface area (Å²) in [6, 6.07) is 15.3. The average Bonchev–Trinajstić information content (AvgIpc) is 2.67. The molecule has 140 valence electrons. The fourth-order valence-corrected chi connectivity index (χ4v) is 3.28. The maximum atomic E-state index is 4.60. The van der Waals surface area contributed by atoms with Gasteiger partial charge in [0.15, 0.2) is 0 Å². The van der Waals surface area contributed by atoms with Gasteiger partial charge in [0, 0.05) is 59.4 Å². The predicted molar refractivity (Wildman–Crippen MR) is 109 cm³/mol. The van der Waals surface area contributed by atoms with Gasteiger partial charge in [-0.2, -0.15) is 0 Å². The average molecular weight is 354 g/mol. The molecule has 1 aromatic carbocycles. The Bertz CT molecular complexity index is 648. The van der Waals surface area contributed by atoms with Crippen LogP contribution >= 0.6 is 0 Å². The highest BCUT2D eigenvalue weighted by Gasteiger charge is 2.19. The molecule has 1 unspecified atom stereocenters. The Morgan fingerprint density at radius 3 is 2.38 bits per heavy atom. The minimum atomic E-state index is 0.315. The van der Waals surface area contributed by atoms with Crippen LogP contribution in [0.5, 0.6) is 0 Å². The van der Waals surface area contributed by atoms with Crippen molar-refractivity contribution in [3.63, 3.8) is 0 Å². The monoisotopic (exact) mass is 353 g/mol. The molecule has 1 aromatic heterocycles. The molecule has 1 aliphatic rings. The van der Waals surface area contributed by atoms with Crippen LogP contribution in [0.1, 0.15) is 17.3 Å². The standard InChI is InChI=1S/C21H31N5/c1-24(2)20-10-9-19(22-16-20)15-23-21(18-7-5-4-6-8-18)17-26-13-11-25(3)12-14-26/h4-10,16,21,23H,11-15,17H2,1-3H3. The van der Waals surface area contributed by atoms with E-state index in [2.05, 4.69) is 74.5 Å². The van der Waals surface area contributed by atoms with Crippen LogP contribution < -0.4 is 10.2 Å². The molecule has 1 fully saturated rings. The zero-order valence-corrected chi connectivity index (χ0v) is 16.2. The molecule has 1 atom stereocenters. The van der Waals surface area contributed by atoms with Crippen molar-refractivity contribution in [1.82, 2.24) is 20.1 Å². The summed E-state index contributed by atoms with van der Waals surface area (Å²) >= 11 is 0. The molecular weight excluding hydrogens is 322 g/mol. The summed E-state index contributed by atoms with van der Waals surface area (Å²) in [4.78, 5) is 11.6. The molecule has 5 heteroatoms. The van der Waals surface area contributed by atoms with Crippen LogP contribution in [0.4, 0.5) is 5.69 Å². The largest absolute Gasteiger partial charge is 0.376 e. The van der Waals surface area contributed by atoms with Crippen molar-refractivity contribution in [2.75, 3.05) is 58.8 Å². The Morgan fingerprint density at radius 1 is 1.04 bits per heavy atom. The minimum Gasteiger partial charge on any atom is -0.376 e. The van der Waals surface area contributed by atoms with Crippen molar-refractivity contribution in [3.8, 4) is 0 Å². The Labute approximate surface area is 157 Å². The van der Waals surface area contributed by atoms with Crippen LogP contribution in [0.2, 0.25) is 0 Å². The van der Waals surface area contributed by atoms with Crippen LogP contribution in [-0.4, -0.2) is 68.7 Å². The van der Waals surface area contributed by atoms with Crippen molar-refractivity contribution in [2.24, 2.45) is 0 Å². The van der Waals surface area contributed by atoms with Crippen LogP contribution in [-0.2, 0) is 6.54 Å². The first-order chi connectivity index (χ1) is 12.6. The Balaban J connectivity index is 1.63. The molecule has 2 aromatic rings. The summed E-state index contributed by atoms with van der Waals surface area (Å²) in [6.45, 7) is 6.38. The van der Waals surface area contributed by atoms with Crippen LogP contribution in [0.3, 0.4) is 0 Å². The summed E-state index contributed by atoms with van der Waals surface area (Å²) in [5.74, 6) is 0. The first-order valence-electron chi connectivity index (χ1n) is 9.43. The Kier molecular flexibility index (Phi) is 6.61. The Morgan fingerprint density at radius 2 is 1.77 bits per heavy atom. The molecular formula is C21H31N5. The molecule has 3 rings (SSSR count). The van der Waals surface area contributed by atoms with E-state index in [0.29, 0.717) is 6.04 Å². The number of anilines is 1. The number of nitrogens with zero attached hydrogens (tertiary/aromatic N) is 4. The molecule has 0 aliphatic carbocycles. The van der Waals surface area contributed by atoms with Gasteiger partial charge in [-0.05, 0) is 24.7 Å². The van der Waals surface area contributed by atoms with Crippen molar-refractivity contribution in [3.05, 3.63) is 59.9 Å².